The minimum Gasteiger partial charge on any atom is -0.481 e. The van der Waals surface area contributed by atoms with Crippen molar-refractivity contribution in [2.24, 2.45) is 0 Å². The molecule has 1 fully saturated rings. The van der Waals surface area contributed by atoms with Crippen LogP contribution in [0.15, 0.2) is 16.3 Å². The fraction of sp³-hybridized carbons (Fsp3) is 0.615. The van der Waals surface area contributed by atoms with Crippen molar-refractivity contribution in [2.45, 2.75) is 29.5 Å². The molecule has 0 amide bonds. The lowest BCUT2D eigenvalue weighted by atomic mass is 10.1. The molecule has 1 N–H and O–H groups in total. The molecule has 0 aromatic carbocycles. The van der Waals surface area contributed by atoms with Crippen LogP contribution in [0.25, 0.3) is 0 Å². The molecule has 1 aliphatic heterocycles. The molecule has 0 spiro atoms. The number of hydrogen-bond acceptors (Lipinski definition) is 5. The molecule has 6 nitrogen and oxygen atoms in total. The normalized spacial score (nSPS) is 20.8. The first-order valence-electron chi connectivity index (χ1n) is 6.78. The van der Waals surface area contributed by atoms with Gasteiger partial charge in [0, 0.05) is 24.5 Å². The van der Waals surface area contributed by atoms with E-state index in [-0.39, 0.29) is 16.7 Å². The highest BCUT2D eigenvalue weighted by Gasteiger charge is 2.31. The number of hydrogen-bond donors (Lipinski definition) is 1. The molecule has 1 atom stereocenters. The van der Waals surface area contributed by atoms with Gasteiger partial charge >= 0.3 is 5.97 Å². The molecule has 0 aliphatic carbocycles. The maximum atomic E-state index is 12.6. The third-order valence-corrected chi connectivity index (χ3v) is 7.17. The molecule has 21 heavy (non-hydrogen) atoms. The van der Waals surface area contributed by atoms with Gasteiger partial charge in [0.25, 0.3) is 10.0 Å². The summed E-state index contributed by atoms with van der Waals surface area (Å²) >= 11 is 1.04. The molecule has 1 aromatic rings. The summed E-state index contributed by atoms with van der Waals surface area (Å²) in [5, 5.41) is 8.76. The highest BCUT2D eigenvalue weighted by atomic mass is 32.2. The average Bonchev–Trinajstić information content (AvgIpc) is 2.86. The van der Waals surface area contributed by atoms with E-state index >= 15 is 0 Å². The molecule has 2 rings (SSSR count). The minimum atomic E-state index is -3.54. The van der Waals surface area contributed by atoms with Crippen molar-refractivity contribution in [1.82, 2.24) is 9.21 Å². The number of carboxylic acids is 1. The molecule has 0 saturated carbocycles. The van der Waals surface area contributed by atoms with E-state index < -0.39 is 16.0 Å². The van der Waals surface area contributed by atoms with E-state index in [9.17, 15) is 13.2 Å². The van der Waals surface area contributed by atoms with Crippen molar-refractivity contribution in [3.05, 3.63) is 17.0 Å². The maximum absolute atomic E-state index is 12.6. The third kappa shape index (κ3) is 3.82. The number of likely N-dealkylation sites (tertiary alicyclic amines) is 1. The van der Waals surface area contributed by atoms with Crippen LogP contribution in [0.4, 0.5) is 0 Å². The van der Waals surface area contributed by atoms with Crippen LogP contribution in [0.2, 0.25) is 0 Å². The number of rotatable bonds is 5. The Kier molecular flexibility index (Phi) is 5.03. The Morgan fingerprint density at radius 1 is 1.52 bits per heavy atom. The van der Waals surface area contributed by atoms with E-state index in [0.29, 0.717) is 4.88 Å². The van der Waals surface area contributed by atoms with E-state index in [2.05, 4.69) is 4.90 Å². The molecular weight excluding hydrogens is 312 g/mol. The van der Waals surface area contributed by atoms with Gasteiger partial charge in [-0.25, -0.2) is 8.42 Å². The molecule has 1 unspecified atom stereocenters. The molecule has 2 heterocycles. The zero-order valence-corrected chi connectivity index (χ0v) is 13.8. The summed E-state index contributed by atoms with van der Waals surface area (Å²) in [6.07, 6.45) is 1.69. The van der Waals surface area contributed by atoms with Gasteiger partial charge in [0.05, 0.1) is 6.42 Å². The van der Waals surface area contributed by atoms with Crippen LogP contribution in [0.3, 0.4) is 0 Å². The SMILES string of the molecule is CN1CCCC(N(C)S(=O)(=O)c2ccc(CC(=O)O)s2)C1. The molecule has 0 bridgehead atoms. The Bertz CT molecular complexity index is 611. The van der Waals surface area contributed by atoms with Crippen molar-refractivity contribution in [2.75, 3.05) is 27.2 Å². The molecule has 1 saturated heterocycles. The van der Waals surface area contributed by atoms with Gasteiger partial charge in [-0.2, -0.15) is 4.31 Å². The number of nitrogens with zero attached hydrogens (tertiary/aromatic N) is 2. The van der Waals surface area contributed by atoms with Gasteiger partial charge in [0.15, 0.2) is 0 Å². The van der Waals surface area contributed by atoms with Crippen molar-refractivity contribution < 1.29 is 18.3 Å². The van der Waals surface area contributed by atoms with Crippen LogP contribution in [0.5, 0.6) is 0 Å². The minimum absolute atomic E-state index is 0.0289. The Hall–Kier alpha value is -0.960. The van der Waals surface area contributed by atoms with Gasteiger partial charge in [0.2, 0.25) is 0 Å². The smallest absolute Gasteiger partial charge is 0.308 e. The number of likely N-dealkylation sites (N-methyl/N-ethyl adjacent to an activating group) is 2. The number of thiophene rings is 1. The van der Waals surface area contributed by atoms with Gasteiger partial charge in [-0.15, -0.1) is 11.3 Å². The lowest BCUT2D eigenvalue weighted by Gasteiger charge is -2.34. The van der Waals surface area contributed by atoms with Crippen molar-refractivity contribution in [1.29, 1.82) is 0 Å². The molecule has 118 valence electrons. The van der Waals surface area contributed by atoms with E-state index in [1.807, 2.05) is 7.05 Å². The predicted octanol–water partition coefficient (Wildman–Crippen LogP) is 1.09. The summed E-state index contributed by atoms with van der Waals surface area (Å²) in [4.78, 5) is 13.4. The summed E-state index contributed by atoms with van der Waals surface area (Å²) in [7, 11) is 0.0510. The van der Waals surface area contributed by atoms with Gasteiger partial charge in [0.1, 0.15) is 4.21 Å². The van der Waals surface area contributed by atoms with Gasteiger partial charge in [-0.1, -0.05) is 0 Å². The average molecular weight is 332 g/mol. The Morgan fingerprint density at radius 3 is 2.86 bits per heavy atom. The van der Waals surface area contributed by atoms with E-state index in [4.69, 9.17) is 5.11 Å². The lowest BCUT2D eigenvalue weighted by Crippen LogP contribution is -2.47. The second kappa shape index (κ2) is 6.43. The zero-order valence-electron chi connectivity index (χ0n) is 12.2. The van der Waals surface area contributed by atoms with Crippen molar-refractivity contribution >= 4 is 27.3 Å². The van der Waals surface area contributed by atoms with Crippen LogP contribution in [-0.4, -0.2) is 61.9 Å². The summed E-state index contributed by atoms with van der Waals surface area (Å²) in [6, 6.07) is 3.05. The first kappa shape index (κ1) is 16.4. The monoisotopic (exact) mass is 332 g/mol. The third-order valence-electron chi connectivity index (χ3n) is 3.71. The van der Waals surface area contributed by atoms with Crippen LogP contribution in [-0.2, 0) is 21.2 Å². The standard InChI is InChI=1S/C13H20N2O4S2/c1-14-7-3-4-10(9-14)15(2)21(18,19)13-6-5-11(20-13)8-12(16)17/h5-6,10H,3-4,7-9H2,1-2H3,(H,16,17). The second-order valence-corrected chi connectivity index (χ2v) is 8.76. The van der Waals surface area contributed by atoms with Gasteiger partial charge in [-0.05, 0) is 38.6 Å². The molecular formula is C13H20N2O4S2. The first-order chi connectivity index (χ1) is 9.80. The molecule has 8 heteroatoms. The summed E-state index contributed by atoms with van der Waals surface area (Å²) < 4.78 is 26.9. The summed E-state index contributed by atoms with van der Waals surface area (Å²) in [6.45, 7) is 1.72. The Labute approximate surface area is 129 Å². The molecule has 1 aromatic heterocycles. The predicted molar refractivity (Wildman–Crippen MR) is 81.1 cm³/mol. The first-order valence-corrected chi connectivity index (χ1v) is 9.03. The fourth-order valence-electron chi connectivity index (χ4n) is 2.52. The Balaban J connectivity index is 2.16. The number of piperidine rings is 1. The van der Waals surface area contributed by atoms with Gasteiger partial charge in [-0.3, -0.25) is 4.79 Å². The maximum Gasteiger partial charge on any atom is 0.308 e. The van der Waals surface area contributed by atoms with Gasteiger partial charge < -0.3 is 10.0 Å². The quantitative estimate of drug-likeness (QED) is 0.873. The van der Waals surface area contributed by atoms with Crippen LogP contribution in [0, 0.1) is 0 Å². The summed E-state index contributed by atoms with van der Waals surface area (Å²) in [5.74, 6) is -0.956. The number of sulfonamides is 1. The van der Waals surface area contributed by atoms with E-state index in [1.54, 1.807) is 13.1 Å². The molecule has 1 aliphatic rings. The summed E-state index contributed by atoms with van der Waals surface area (Å²) in [5.41, 5.74) is 0. The zero-order chi connectivity index (χ0) is 15.6. The highest BCUT2D eigenvalue weighted by Crippen LogP contribution is 2.27. The number of aliphatic carboxylic acids is 1. The van der Waals surface area contributed by atoms with E-state index in [0.717, 1.165) is 37.3 Å². The number of carboxylic acid groups (broad SMARTS) is 1. The number of carbonyl (C=O) groups is 1. The van der Waals surface area contributed by atoms with Crippen molar-refractivity contribution in [3.63, 3.8) is 0 Å². The lowest BCUT2D eigenvalue weighted by molar-refractivity contribution is -0.136. The van der Waals surface area contributed by atoms with Crippen LogP contribution in [0.1, 0.15) is 17.7 Å². The van der Waals surface area contributed by atoms with E-state index in [1.165, 1.54) is 10.4 Å². The largest absolute Gasteiger partial charge is 0.481 e. The van der Waals surface area contributed by atoms with Crippen LogP contribution < -0.4 is 0 Å². The highest BCUT2D eigenvalue weighted by molar-refractivity contribution is 7.91. The second-order valence-electron chi connectivity index (χ2n) is 5.37. The molecule has 0 radical (unpaired) electrons. The topological polar surface area (TPSA) is 77.9 Å². The Morgan fingerprint density at radius 2 is 2.24 bits per heavy atom. The van der Waals surface area contributed by atoms with Crippen LogP contribution >= 0.6 is 11.3 Å². The fourth-order valence-corrected chi connectivity index (χ4v) is 5.42. The van der Waals surface area contributed by atoms with Crippen molar-refractivity contribution in [3.8, 4) is 0 Å².